The molecule has 0 aromatic carbocycles. The number of aliphatic hydroxyl groups excluding tert-OH is 1. The van der Waals surface area contributed by atoms with E-state index in [0.717, 1.165) is 37.2 Å². The van der Waals surface area contributed by atoms with Crippen molar-refractivity contribution in [1.82, 2.24) is 0 Å². The Labute approximate surface area is 183 Å². The summed E-state index contributed by atoms with van der Waals surface area (Å²) in [5.74, 6) is 4.00. The fourth-order valence-corrected chi connectivity index (χ4v) is 9.73. The van der Waals surface area contributed by atoms with Crippen molar-refractivity contribution in [2.45, 2.75) is 103 Å². The third-order valence-electron chi connectivity index (χ3n) is 11.4. The molecular weight excluding hydrogens is 372 g/mol. The fourth-order valence-electron chi connectivity index (χ4n) is 9.73. The van der Waals surface area contributed by atoms with Crippen LogP contribution in [0.1, 0.15) is 85.5 Å². The van der Waals surface area contributed by atoms with Gasteiger partial charge >= 0.3 is 0 Å². The highest BCUT2D eigenvalue weighted by Gasteiger charge is 2.68. The lowest BCUT2D eigenvalue weighted by Gasteiger charge is -2.59. The number of fused-ring (bicyclic) bond motifs is 7. The van der Waals surface area contributed by atoms with Crippen LogP contribution in [0.25, 0.3) is 0 Å². The van der Waals surface area contributed by atoms with Crippen molar-refractivity contribution in [1.29, 1.82) is 0 Å². The molecule has 3 saturated carbocycles. The van der Waals surface area contributed by atoms with Crippen molar-refractivity contribution in [2.24, 2.45) is 46.3 Å². The minimum Gasteiger partial charge on any atom is -0.389 e. The Morgan fingerprint density at radius 3 is 2.60 bits per heavy atom. The van der Waals surface area contributed by atoms with Gasteiger partial charge in [0, 0.05) is 12.3 Å². The first-order valence-corrected chi connectivity index (χ1v) is 13.0. The summed E-state index contributed by atoms with van der Waals surface area (Å²) >= 11 is 0. The Morgan fingerprint density at radius 1 is 1.00 bits per heavy atom. The van der Waals surface area contributed by atoms with Crippen LogP contribution in [0.15, 0.2) is 11.6 Å². The number of ether oxygens (including phenoxy) is 2. The maximum Gasteiger partial charge on any atom is 0.171 e. The van der Waals surface area contributed by atoms with E-state index < -0.39 is 0 Å². The molecule has 0 amide bonds. The van der Waals surface area contributed by atoms with E-state index in [1.165, 1.54) is 44.9 Å². The van der Waals surface area contributed by atoms with Gasteiger partial charge in [-0.15, -0.1) is 0 Å². The highest BCUT2D eigenvalue weighted by atomic mass is 16.7. The maximum absolute atomic E-state index is 10.2. The number of rotatable bonds is 0. The van der Waals surface area contributed by atoms with Gasteiger partial charge in [-0.05, 0) is 91.8 Å². The zero-order valence-electron chi connectivity index (χ0n) is 19.5. The molecule has 2 aliphatic heterocycles. The standard InChI is InChI=1S/C27H42O3/c1-16-7-12-27(29-15-16)17(2)24-23(30-27)14-22-20-6-5-18-13-19(28)8-10-25(18,3)21(20)9-11-26(22,24)4/h13,16-17,19-24,28H,5-12,14-15H2,1-4H3/t16-,17-,19-,20+,21-,22+,23-,24-,25-,26-,27+/m0/s1. The number of hydrogen-bond acceptors (Lipinski definition) is 3. The second kappa shape index (κ2) is 6.58. The van der Waals surface area contributed by atoms with Gasteiger partial charge in [0.15, 0.2) is 5.79 Å². The molecule has 168 valence electrons. The molecule has 3 heteroatoms. The van der Waals surface area contributed by atoms with Crippen LogP contribution in [0.3, 0.4) is 0 Å². The minimum atomic E-state index is -0.291. The summed E-state index contributed by atoms with van der Waals surface area (Å²) < 4.78 is 13.4. The molecule has 3 nitrogen and oxygen atoms in total. The molecule has 5 fully saturated rings. The summed E-state index contributed by atoms with van der Waals surface area (Å²) in [4.78, 5) is 0. The van der Waals surface area contributed by atoms with Crippen LogP contribution in [-0.4, -0.2) is 29.7 Å². The number of aliphatic hydroxyl groups is 1. The van der Waals surface area contributed by atoms with Gasteiger partial charge in [0.2, 0.25) is 0 Å². The van der Waals surface area contributed by atoms with Crippen LogP contribution in [0.4, 0.5) is 0 Å². The second-order valence-corrected chi connectivity index (χ2v) is 12.6. The molecule has 1 spiro atoms. The molecule has 2 heterocycles. The van der Waals surface area contributed by atoms with E-state index in [9.17, 15) is 5.11 Å². The second-order valence-electron chi connectivity index (χ2n) is 12.6. The van der Waals surface area contributed by atoms with Crippen LogP contribution in [0, 0.1) is 46.3 Å². The van der Waals surface area contributed by atoms with Gasteiger partial charge in [-0.2, -0.15) is 0 Å². The molecule has 11 atom stereocenters. The highest BCUT2D eigenvalue weighted by molar-refractivity contribution is 5.26. The summed E-state index contributed by atoms with van der Waals surface area (Å²) in [6.07, 6.45) is 13.4. The van der Waals surface area contributed by atoms with Crippen molar-refractivity contribution < 1.29 is 14.6 Å². The number of hydrogen-bond donors (Lipinski definition) is 1. The van der Waals surface area contributed by atoms with Crippen LogP contribution in [0.2, 0.25) is 0 Å². The van der Waals surface area contributed by atoms with Gasteiger partial charge in [0.25, 0.3) is 0 Å². The summed E-state index contributed by atoms with van der Waals surface area (Å²) in [5.41, 5.74) is 2.32. The third-order valence-corrected chi connectivity index (χ3v) is 11.4. The predicted octanol–water partition coefficient (Wildman–Crippen LogP) is 5.71. The lowest BCUT2D eigenvalue weighted by molar-refractivity contribution is -0.272. The molecule has 1 N–H and O–H groups in total. The van der Waals surface area contributed by atoms with Crippen molar-refractivity contribution >= 4 is 0 Å². The summed E-state index contributed by atoms with van der Waals surface area (Å²) in [6.45, 7) is 10.8. The van der Waals surface area contributed by atoms with E-state index in [1.807, 2.05) is 0 Å². The molecule has 6 aliphatic rings. The van der Waals surface area contributed by atoms with E-state index in [1.54, 1.807) is 5.57 Å². The molecule has 30 heavy (non-hydrogen) atoms. The Kier molecular flexibility index (Phi) is 4.44. The van der Waals surface area contributed by atoms with Crippen LogP contribution < -0.4 is 0 Å². The average molecular weight is 415 g/mol. The van der Waals surface area contributed by atoms with Crippen molar-refractivity contribution in [3.8, 4) is 0 Å². The topological polar surface area (TPSA) is 38.7 Å². The monoisotopic (exact) mass is 414 g/mol. The van der Waals surface area contributed by atoms with Gasteiger partial charge < -0.3 is 14.6 Å². The first-order valence-electron chi connectivity index (χ1n) is 13.0. The SMILES string of the molecule is C[C@H]1CC[C@@]2(OC1)O[C@H]1C[C@@H]3[C@@H]4CCC5=C[C@@H](O)CC[C@]5(C)[C@H]4CC[C@]3(C)[C@H]1[C@@H]2C. The van der Waals surface area contributed by atoms with E-state index in [2.05, 4.69) is 33.8 Å². The average Bonchev–Trinajstić information content (AvgIpc) is 3.16. The molecule has 2 saturated heterocycles. The maximum atomic E-state index is 10.2. The Bertz CT molecular complexity index is 736. The molecule has 0 radical (unpaired) electrons. The Hall–Kier alpha value is -0.380. The van der Waals surface area contributed by atoms with Crippen molar-refractivity contribution in [3.63, 3.8) is 0 Å². The minimum absolute atomic E-state index is 0.201. The third kappa shape index (κ3) is 2.55. The molecule has 0 bridgehead atoms. The van der Waals surface area contributed by atoms with Crippen LogP contribution in [-0.2, 0) is 9.47 Å². The smallest absolute Gasteiger partial charge is 0.171 e. The molecule has 0 aromatic rings. The molecule has 4 aliphatic carbocycles. The summed E-state index contributed by atoms with van der Waals surface area (Å²) in [7, 11) is 0. The largest absolute Gasteiger partial charge is 0.389 e. The van der Waals surface area contributed by atoms with Crippen LogP contribution >= 0.6 is 0 Å². The first-order chi connectivity index (χ1) is 14.3. The number of allylic oxidation sites excluding steroid dienone is 1. The van der Waals surface area contributed by atoms with Crippen molar-refractivity contribution in [3.05, 3.63) is 11.6 Å². The van der Waals surface area contributed by atoms with E-state index in [0.29, 0.717) is 34.7 Å². The van der Waals surface area contributed by atoms with Gasteiger partial charge in [0.1, 0.15) is 0 Å². The first kappa shape index (κ1) is 20.2. The zero-order chi connectivity index (χ0) is 20.9. The van der Waals surface area contributed by atoms with Gasteiger partial charge in [0.05, 0.1) is 18.8 Å². The zero-order valence-corrected chi connectivity index (χ0v) is 19.5. The van der Waals surface area contributed by atoms with E-state index >= 15 is 0 Å². The Morgan fingerprint density at radius 2 is 1.83 bits per heavy atom. The van der Waals surface area contributed by atoms with Crippen LogP contribution in [0.5, 0.6) is 0 Å². The lowest BCUT2D eigenvalue weighted by atomic mass is 9.46. The van der Waals surface area contributed by atoms with Gasteiger partial charge in [-0.25, -0.2) is 0 Å². The molecule has 0 unspecified atom stereocenters. The summed E-state index contributed by atoms with van der Waals surface area (Å²) in [5, 5.41) is 10.2. The summed E-state index contributed by atoms with van der Waals surface area (Å²) in [6, 6.07) is 0. The van der Waals surface area contributed by atoms with E-state index in [4.69, 9.17) is 9.47 Å². The molecule has 0 aromatic heterocycles. The quantitative estimate of drug-likeness (QED) is 0.516. The van der Waals surface area contributed by atoms with Gasteiger partial charge in [-0.3, -0.25) is 0 Å². The molecule has 6 rings (SSSR count). The molecular formula is C27H42O3. The lowest BCUT2D eigenvalue weighted by Crippen LogP contribution is -2.52. The van der Waals surface area contributed by atoms with Crippen molar-refractivity contribution in [2.75, 3.05) is 6.61 Å². The fraction of sp³-hybridized carbons (Fsp3) is 0.926. The van der Waals surface area contributed by atoms with Gasteiger partial charge in [-0.1, -0.05) is 39.3 Å². The normalized spacial score (nSPS) is 59.8. The highest BCUT2D eigenvalue weighted by Crippen LogP contribution is 2.70. The predicted molar refractivity (Wildman–Crippen MR) is 118 cm³/mol. The Balaban J connectivity index is 1.28. The van der Waals surface area contributed by atoms with E-state index in [-0.39, 0.29) is 11.9 Å².